The van der Waals surface area contributed by atoms with Gasteiger partial charge in [-0.05, 0) is 54.1 Å². The summed E-state index contributed by atoms with van der Waals surface area (Å²) in [7, 11) is 0. The van der Waals surface area contributed by atoms with Crippen LogP contribution >= 0.6 is 11.8 Å². The Morgan fingerprint density at radius 1 is 1.05 bits per heavy atom. The number of benzene rings is 1. The van der Waals surface area contributed by atoms with Crippen molar-refractivity contribution in [1.29, 1.82) is 0 Å². The second-order valence-corrected chi connectivity index (χ2v) is 9.21. The molecule has 1 fully saturated rings. The molecule has 9 nitrogen and oxygen atoms in total. The van der Waals surface area contributed by atoms with Crippen molar-refractivity contribution in [2.75, 3.05) is 38.2 Å². The number of amides is 2. The molecule has 4 rings (SSSR count). The SMILES string of the molecule is O=C(CN1CCOCC1)NC(Sc1ncccc1C(=O)Nc1ccc(OC(F)(F)F)cc1)c1ccncc1. The van der Waals surface area contributed by atoms with E-state index in [9.17, 15) is 22.8 Å². The van der Waals surface area contributed by atoms with Crippen LogP contribution in [0.3, 0.4) is 0 Å². The molecule has 0 aliphatic carbocycles. The average Bonchev–Trinajstić information content (AvgIpc) is 2.90. The van der Waals surface area contributed by atoms with Crippen molar-refractivity contribution in [3.05, 3.63) is 78.2 Å². The number of anilines is 1. The number of pyridine rings is 2. The third-order valence-corrected chi connectivity index (χ3v) is 6.54. The minimum atomic E-state index is -4.81. The predicted octanol–water partition coefficient (Wildman–Crippen LogP) is 3.87. The number of carbonyl (C=O) groups excluding carboxylic acids is 2. The summed E-state index contributed by atoms with van der Waals surface area (Å²) in [5.74, 6) is -1.11. The van der Waals surface area contributed by atoms with Crippen molar-refractivity contribution in [2.24, 2.45) is 0 Å². The van der Waals surface area contributed by atoms with E-state index in [2.05, 4.69) is 25.3 Å². The Balaban J connectivity index is 1.48. The van der Waals surface area contributed by atoms with Crippen molar-refractivity contribution in [3.63, 3.8) is 0 Å². The normalized spacial score (nSPS) is 14.9. The molecule has 38 heavy (non-hydrogen) atoms. The van der Waals surface area contributed by atoms with Crippen LogP contribution in [0.1, 0.15) is 21.3 Å². The molecular formula is C25H24F3N5O4S. The number of hydrogen-bond acceptors (Lipinski definition) is 8. The van der Waals surface area contributed by atoms with Gasteiger partial charge in [0.1, 0.15) is 16.1 Å². The molecule has 3 aromatic rings. The fourth-order valence-corrected chi connectivity index (χ4v) is 4.70. The molecule has 1 saturated heterocycles. The van der Waals surface area contributed by atoms with Gasteiger partial charge in [-0.25, -0.2) is 4.98 Å². The number of hydrogen-bond donors (Lipinski definition) is 2. The van der Waals surface area contributed by atoms with Gasteiger partial charge in [0.25, 0.3) is 5.91 Å². The van der Waals surface area contributed by atoms with Crippen molar-refractivity contribution in [1.82, 2.24) is 20.2 Å². The van der Waals surface area contributed by atoms with Gasteiger partial charge in [0.2, 0.25) is 5.91 Å². The number of morpholine rings is 1. The maximum atomic E-state index is 13.1. The quantitative estimate of drug-likeness (QED) is 0.307. The summed E-state index contributed by atoms with van der Waals surface area (Å²) < 4.78 is 46.4. The van der Waals surface area contributed by atoms with Gasteiger partial charge in [0.05, 0.1) is 25.3 Å². The maximum absolute atomic E-state index is 13.1. The van der Waals surface area contributed by atoms with Gasteiger partial charge in [-0.2, -0.15) is 0 Å². The lowest BCUT2D eigenvalue weighted by Crippen LogP contribution is -2.43. The highest BCUT2D eigenvalue weighted by molar-refractivity contribution is 7.99. The van der Waals surface area contributed by atoms with E-state index in [1.807, 2.05) is 4.90 Å². The number of nitrogens with one attached hydrogen (secondary N) is 2. The third-order valence-electron chi connectivity index (χ3n) is 5.36. The van der Waals surface area contributed by atoms with Crippen molar-refractivity contribution >= 4 is 29.3 Å². The topological polar surface area (TPSA) is 106 Å². The fourth-order valence-electron chi connectivity index (χ4n) is 3.58. The molecule has 1 atom stereocenters. The van der Waals surface area contributed by atoms with Crippen LogP contribution in [0.5, 0.6) is 5.75 Å². The number of nitrogens with zero attached hydrogens (tertiary/aromatic N) is 3. The van der Waals surface area contributed by atoms with E-state index in [4.69, 9.17) is 4.74 Å². The van der Waals surface area contributed by atoms with E-state index >= 15 is 0 Å². The smallest absolute Gasteiger partial charge is 0.406 e. The van der Waals surface area contributed by atoms with E-state index in [1.165, 1.54) is 30.1 Å². The van der Waals surface area contributed by atoms with Crippen LogP contribution in [-0.2, 0) is 9.53 Å². The van der Waals surface area contributed by atoms with Gasteiger partial charge in [0.15, 0.2) is 0 Å². The monoisotopic (exact) mass is 547 g/mol. The molecule has 13 heteroatoms. The molecule has 2 aromatic heterocycles. The van der Waals surface area contributed by atoms with Crippen LogP contribution in [0.4, 0.5) is 18.9 Å². The Hall–Kier alpha value is -3.68. The van der Waals surface area contributed by atoms with Crippen LogP contribution in [0.15, 0.2) is 72.1 Å². The molecule has 0 saturated carbocycles. The van der Waals surface area contributed by atoms with Crippen LogP contribution in [0, 0.1) is 0 Å². The highest BCUT2D eigenvalue weighted by Crippen LogP contribution is 2.34. The number of thioether (sulfide) groups is 1. The molecular weight excluding hydrogens is 523 g/mol. The summed E-state index contributed by atoms with van der Waals surface area (Å²) in [6.07, 6.45) is -0.0679. The first kappa shape index (κ1) is 27.4. The predicted molar refractivity (Wildman–Crippen MR) is 134 cm³/mol. The maximum Gasteiger partial charge on any atom is 0.573 e. The van der Waals surface area contributed by atoms with Gasteiger partial charge in [-0.3, -0.25) is 19.5 Å². The molecule has 2 N–H and O–H groups in total. The zero-order valence-corrected chi connectivity index (χ0v) is 20.8. The number of ether oxygens (including phenoxy) is 2. The van der Waals surface area contributed by atoms with Gasteiger partial charge in [-0.1, -0.05) is 11.8 Å². The van der Waals surface area contributed by atoms with E-state index in [-0.39, 0.29) is 23.7 Å². The number of carbonyl (C=O) groups is 2. The average molecular weight is 548 g/mol. The fraction of sp³-hybridized carbons (Fsp3) is 0.280. The second kappa shape index (κ2) is 12.7. The van der Waals surface area contributed by atoms with Gasteiger partial charge in [0, 0.05) is 37.4 Å². The molecule has 1 aliphatic heterocycles. The Morgan fingerprint density at radius 2 is 1.76 bits per heavy atom. The lowest BCUT2D eigenvalue weighted by Gasteiger charge is -2.27. The summed E-state index contributed by atoms with van der Waals surface area (Å²) in [5.41, 5.74) is 1.26. The lowest BCUT2D eigenvalue weighted by atomic mass is 10.2. The molecule has 3 heterocycles. The summed E-state index contributed by atoms with van der Waals surface area (Å²) >= 11 is 1.19. The van der Waals surface area contributed by atoms with E-state index in [0.717, 1.165) is 17.7 Å². The zero-order chi connectivity index (χ0) is 27.0. The molecule has 2 amide bonds. The summed E-state index contributed by atoms with van der Waals surface area (Å²) in [6, 6.07) is 11.5. The Morgan fingerprint density at radius 3 is 2.45 bits per heavy atom. The standard InChI is InChI=1S/C25H24F3N5O4S/c26-25(27,28)37-19-5-3-18(4-6-19)31-22(35)20-2-1-9-30-24(20)38-23(17-7-10-29-11-8-17)32-21(34)16-33-12-14-36-15-13-33/h1-11,23H,12-16H2,(H,31,35)(H,32,34). The van der Waals surface area contributed by atoms with Crippen molar-refractivity contribution in [3.8, 4) is 5.75 Å². The van der Waals surface area contributed by atoms with Gasteiger partial charge < -0.3 is 20.1 Å². The van der Waals surface area contributed by atoms with Crippen molar-refractivity contribution in [2.45, 2.75) is 16.8 Å². The number of aromatic nitrogens is 2. The Bertz CT molecular complexity index is 1230. The molecule has 0 radical (unpaired) electrons. The Kier molecular flexibility index (Phi) is 9.15. The highest BCUT2D eigenvalue weighted by atomic mass is 32.2. The van der Waals surface area contributed by atoms with Crippen molar-refractivity contribution < 1.29 is 32.2 Å². The zero-order valence-electron chi connectivity index (χ0n) is 20.0. The first-order valence-corrected chi connectivity index (χ1v) is 12.4. The number of alkyl halides is 3. The molecule has 200 valence electrons. The number of halogens is 3. The molecule has 0 bridgehead atoms. The molecule has 0 spiro atoms. The Labute approximate surface area is 220 Å². The van der Waals surface area contributed by atoms with Crippen LogP contribution in [0.2, 0.25) is 0 Å². The first-order valence-electron chi connectivity index (χ1n) is 11.5. The summed E-state index contributed by atoms with van der Waals surface area (Å²) in [4.78, 5) is 36.3. The number of rotatable bonds is 9. The van der Waals surface area contributed by atoms with Gasteiger partial charge in [-0.15, -0.1) is 13.2 Å². The lowest BCUT2D eigenvalue weighted by molar-refractivity contribution is -0.274. The van der Waals surface area contributed by atoms with Gasteiger partial charge >= 0.3 is 6.36 Å². The minimum absolute atomic E-state index is 0.190. The van der Waals surface area contributed by atoms with E-state index in [1.54, 1.807) is 36.7 Å². The molecule has 1 aromatic carbocycles. The van der Waals surface area contributed by atoms with Crippen LogP contribution in [-0.4, -0.2) is 65.9 Å². The largest absolute Gasteiger partial charge is 0.573 e. The third kappa shape index (κ3) is 8.16. The molecule has 1 aliphatic rings. The molecule has 1 unspecified atom stereocenters. The van der Waals surface area contributed by atoms with E-state index in [0.29, 0.717) is 31.3 Å². The summed E-state index contributed by atoms with van der Waals surface area (Å²) in [5, 5.41) is 5.45. The first-order chi connectivity index (χ1) is 18.3. The van der Waals surface area contributed by atoms with Crippen LogP contribution < -0.4 is 15.4 Å². The minimum Gasteiger partial charge on any atom is -0.406 e. The van der Waals surface area contributed by atoms with Crippen LogP contribution in [0.25, 0.3) is 0 Å². The second-order valence-electron chi connectivity index (χ2n) is 8.12. The highest BCUT2D eigenvalue weighted by Gasteiger charge is 2.31. The van der Waals surface area contributed by atoms with E-state index < -0.39 is 23.4 Å². The summed E-state index contributed by atoms with van der Waals surface area (Å²) in [6.45, 7) is 2.67.